The Hall–Kier alpha value is -3.53. The summed E-state index contributed by atoms with van der Waals surface area (Å²) < 4.78 is 9.88. The number of morpholine rings is 1. The Balaban J connectivity index is 1.77. The van der Waals surface area contributed by atoms with Crippen LogP contribution in [0.15, 0.2) is 36.5 Å². The van der Waals surface area contributed by atoms with Gasteiger partial charge >= 0.3 is 5.97 Å². The zero-order valence-electron chi connectivity index (χ0n) is 15.1. The fourth-order valence-corrected chi connectivity index (χ4v) is 2.73. The van der Waals surface area contributed by atoms with Crippen LogP contribution in [0.3, 0.4) is 0 Å². The Morgan fingerprint density at radius 3 is 2.54 bits per heavy atom. The predicted octanol–water partition coefficient (Wildman–Crippen LogP) is 1.87. The van der Waals surface area contributed by atoms with Gasteiger partial charge in [0.05, 0.1) is 42.7 Å². The van der Waals surface area contributed by atoms with Crippen molar-refractivity contribution in [2.45, 2.75) is 0 Å². The Kier molecular flexibility index (Phi) is 5.80. The van der Waals surface area contributed by atoms with E-state index < -0.39 is 16.8 Å². The second-order valence-electron chi connectivity index (χ2n) is 5.98. The molecule has 0 radical (unpaired) electrons. The minimum atomic E-state index is -0.769. The van der Waals surface area contributed by atoms with Crippen LogP contribution in [0.4, 0.5) is 17.2 Å². The number of rotatable bonds is 5. The maximum absolute atomic E-state index is 12.5. The number of nitrogens with zero attached hydrogens (tertiary/aromatic N) is 3. The molecule has 2 aromatic rings. The standard InChI is InChI=1S/C18H18N4O6/c1-27-18(24)13-8-12(9-15(10-13)22(25)26)17(23)20-14-2-3-16(19-11-14)21-4-6-28-7-5-21/h2-3,8-11H,4-7H2,1H3,(H,20,23). The number of nitro groups is 1. The summed E-state index contributed by atoms with van der Waals surface area (Å²) in [6, 6.07) is 6.85. The van der Waals surface area contributed by atoms with Gasteiger partial charge in [0.25, 0.3) is 11.6 Å². The van der Waals surface area contributed by atoms with Crippen LogP contribution in [0.1, 0.15) is 20.7 Å². The Bertz CT molecular complexity index is 893. The lowest BCUT2D eigenvalue weighted by molar-refractivity contribution is -0.384. The van der Waals surface area contributed by atoms with Gasteiger partial charge in [-0.1, -0.05) is 0 Å². The number of anilines is 2. The molecular weight excluding hydrogens is 368 g/mol. The van der Waals surface area contributed by atoms with Gasteiger partial charge < -0.3 is 19.7 Å². The minimum absolute atomic E-state index is 0.0353. The zero-order chi connectivity index (χ0) is 20.1. The number of esters is 1. The smallest absolute Gasteiger partial charge is 0.338 e. The number of amides is 1. The van der Waals surface area contributed by atoms with E-state index in [0.717, 1.165) is 38.1 Å². The molecule has 1 amide bonds. The highest BCUT2D eigenvalue weighted by atomic mass is 16.6. The normalized spacial score (nSPS) is 13.7. The number of hydrogen-bond donors (Lipinski definition) is 1. The lowest BCUT2D eigenvalue weighted by atomic mass is 10.1. The highest BCUT2D eigenvalue weighted by molar-refractivity contribution is 6.06. The predicted molar refractivity (Wildman–Crippen MR) is 99.7 cm³/mol. The average molecular weight is 386 g/mol. The number of carbonyl (C=O) groups is 2. The van der Waals surface area contributed by atoms with Crippen molar-refractivity contribution in [3.8, 4) is 0 Å². The first-order valence-electron chi connectivity index (χ1n) is 8.46. The van der Waals surface area contributed by atoms with Crippen LogP contribution in [-0.2, 0) is 9.47 Å². The van der Waals surface area contributed by atoms with Crippen LogP contribution in [0.25, 0.3) is 0 Å². The molecule has 0 atom stereocenters. The topological polar surface area (TPSA) is 124 Å². The van der Waals surface area contributed by atoms with E-state index >= 15 is 0 Å². The van der Waals surface area contributed by atoms with Gasteiger partial charge in [-0.25, -0.2) is 9.78 Å². The lowest BCUT2D eigenvalue weighted by Gasteiger charge is -2.27. The molecule has 146 valence electrons. The summed E-state index contributed by atoms with van der Waals surface area (Å²) in [7, 11) is 1.16. The van der Waals surface area contributed by atoms with Crippen LogP contribution < -0.4 is 10.2 Å². The second-order valence-corrected chi connectivity index (χ2v) is 5.98. The third-order valence-electron chi connectivity index (χ3n) is 4.15. The number of aromatic nitrogens is 1. The van der Waals surface area contributed by atoms with E-state index in [2.05, 4.69) is 19.9 Å². The molecule has 1 N–H and O–H groups in total. The molecule has 1 aliphatic heterocycles. The molecule has 1 fully saturated rings. The van der Waals surface area contributed by atoms with Crippen molar-refractivity contribution in [2.24, 2.45) is 0 Å². The molecule has 10 heteroatoms. The molecule has 0 saturated carbocycles. The van der Waals surface area contributed by atoms with E-state index in [0.29, 0.717) is 18.9 Å². The minimum Gasteiger partial charge on any atom is -0.465 e. The summed E-state index contributed by atoms with van der Waals surface area (Å²) in [5.74, 6) is -0.603. The molecule has 28 heavy (non-hydrogen) atoms. The highest BCUT2D eigenvalue weighted by Gasteiger charge is 2.19. The van der Waals surface area contributed by atoms with Crippen LogP contribution in [-0.4, -0.2) is 55.2 Å². The van der Waals surface area contributed by atoms with Crippen molar-refractivity contribution in [2.75, 3.05) is 43.6 Å². The van der Waals surface area contributed by atoms with E-state index in [4.69, 9.17) is 4.74 Å². The molecule has 1 aliphatic rings. The number of carbonyl (C=O) groups excluding carboxylic acids is 2. The number of hydrogen-bond acceptors (Lipinski definition) is 8. The van der Waals surface area contributed by atoms with Crippen molar-refractivity contribution < 1.29 is 24.0 Å². The summed E-state index contributed by atoms with van der Waals surface area (Å²) in [4.78, 5) is 41.0. The van der Waals surface area contributed by atoms with Crippen LogP contribution in [0.2, 0.25) is 0 Å². The fourth-order valence-electron chi connectivity index (χ4n) is 2.73. The van der Waals surface area contributed by atoms with Crippen LogP contribution in [0, 0.1) is 10.1 Å². The number of ether oxygens (including phenoxy) is 2. The van der Waals surface area contributed by atoms with Gasteiger partial charge in [-0.05, 0) is 18.2 Å². The van der Waals surface area contributed by atoms with Crippen molar-refractivity contribution in [1.29, 1.82) is 0 Å². The first-order chi connectivity index (χ1) is 13.5. The van der Waals surface area contributed by atoms with Gasteiger partial charge in [-0.2, -0.15) is 0 Å². The quantitative estimate of drug-likeness (QED) is 0.469. The van der Waals surface area contributed by atoms with Gasteiger partial charge in [0.15, 0.2) is 0 Å². The molecular formula is C18H18N4O6. The first-order valence-corrected chi connectivity index (χ1v) is 8.46. The number of nitro benzene ring substituents is 1. The molecule has 1 aromatic heterocycles. The highest BCUT2D eigenvalue weighted by Crippen LogP contribution is 2.20. The molecule has 10 nitrogen and oxygen atoms in total. The Labute approximate surface area is 160 Å². The summed E-state index contributed by atoms with van der Waals surface area (Å²) in [5.41, 5.74) is -0.0727. The molecule has 0 bridgehead atoms. The summed E-state index contributed by atoms with van der Waals surface area (Å²) >= 11 is 0. The molecule has 3 rings (SSSR count). The SMILES string of the molecule is COC(=O)c1cc(C(=O)Nc2ccc(N3CCOCC3)nc2)cc([N+](=O)[O-])c1. The molecule has 1 saturated heterocycles. The van der Waals surface area contributed by atoms with E-state index in [-0.39, 0.29) is 16.8 Å². The van der Waals surface area contributed by atoms with Crippen molar-refractivity contribution in [3.63, 3.8) is 0 Å². The van der Waals surface area contributed by atoms with E-state index in [1.165, 1.54) is 12.3 Å². The van der Waals surface area contributed by atoms with Gasteiger partial charge in [0, 0.05) is 30.8 Å². The maximum atomic E-state index is 12.5. The van der Waals surface area contributed by atoms with E-state index in [1.807, 2.05) is 0 Å². The van der Waals surface area contributed by atoms with Crippen molar-refractivity contribution in [3.05, 3.63) is 57.8 Å². The molecule has 2 heterocycles. The third-order valence-corrected chi connectivity index (χ3v) is 4.15. The third kappa shape index (κ3) is 4.41. The summed E-state index contributed by atoms with van der Waals surface area (Å²) in [6.45, 7) is 2.75. The number of nitrogens with one attached hydrogen (secondary N) is 1. The number of benzene rings is 1. The van der Waals surface area contributed by atoms with Crippen LogP contribution in [0.5, 0.6) is 0 Å². The average Bonchev–Trinajstić information content (AvgIpc) is 2.74. The zero-order valence-corrected chi connectivity index (χ0v) is 15.1. The number of pyridine rings is 1. The lowest BCUT2D eigenvalue weighted by Crippen LogP contribution is -2.36. The van der Waals surface area contributed by atoms with Crippen molar-refractivity contribution >= 4 is 29.1 Å². The van der Waals surface area contributed by atoms with Gasteiger partial charge in [0.2, 0.25) is 0 Å². The molecule has 1 aromatic carbocycles. The van der Waals surface area contributed by atoms with Gasteiger partial charge in [0.1, 0.15) is 5.82 Å². The molecule has 0 spiro atoms. The summed E-state index contributed by atoms with van der Waals surface area (Å²) in [6.07, 6.45) is 1.50. The van der Waals surface area contributed by atoms with Crippen molar-refractivity contribution in [1.82, 2.24) is 4.98 Å². The monoisotopic (exact) mass is 386 g/mol. The van der Waals surface area contributed by atoms with Gasteiger partial charge in [-0.3, -0.25) is 14.9 Å². The van der Waals surface area contributed by atoms with E-state index in [9.17, 15) is 19.7 Å². The Morgan fingerprint density at radius 2 is 1.93 bits per heavy atom. The molecule has 0 unspecified atom stereocenters. The fraction of sp³-hybridized carbons (Fsp3) is 0.278. The number of methoxy groups -OCH3 is 1. The van der Waals surface area contributed by atoms with Crippen LogP contribution >= 0.6 is 0 Å². The number of non-ortho nitro benzene ring substituents is 1. The largest absolute Gasteiger partial charge is 0.465 e. The van der Waals surface area contributed by atoms with Gasteiger partial charge in [-0.15, -0.1) is 0 Å². The Morgan fingerprint density at radius 1 is 1.21 bits per heavy atom. The summed E-state index contributed by atoms with van der Waals surface area (Å²) in [5, 5.41) is 13.7. The second kappa shape index (κ2) is 8.44. The molecule has 0 aliphatic carbocycles. The van der Waals surface area contributed by atoms with E-state index in [1.54, 1.807) is 12.1 Å². The first kappa shape index (κ1) is 19.2. The maximum Gasteiger partial charge on any atom is 0.338 e.